The molecular formula is C19H12Cl3FN2O3S. The van der Waals surface area contributed by atoms with Crippen LogP contribution in [-0.4, -0.2) is 14.3 Å². The zero-order chi connectivity index (χ0) is 21.2. The Bertz CT molecular complexity index is 1200. The largest absolute Gasteiger partial charge is 0.319 e. The van der Waals surface area contributed by atoms with Crippen molar-refractivity contribution < 1.29 is 17.6 Å². The van der Waals surface area contributed by atoms with E-state index in [2.05, 4.69) is 10.0 Å². The van der Waals surface area contributed by atoms with Gasteiger partial charge in [0.25, 0.3) is 15.9 Å². The van der Waals surface area contributed by atoms with Crippen molar-refractivity contribution in [3.8, 4) is 0 Å². The number of nitrogens with one attached hydrogen (secondary N) is 2. The number of amides is 1. The van der Waals surface area contributed by atoms with E-state index in [4.69, 9.17) is 34.8 Å². The maximum absolute atomic E-state index is 14.5. The Morgan fingerprint density at radius 3 is 2.28 bits per heavy atom. The Kier molecular flexibility index (Phi) is 6.33. The molecule has 0 unspecified atom stereocenters. The van der Waals surface area contributed by atoms with Crippen LogP contribution in [-0.2, 0) is 10.0 Å². The summed E-state index contributed by atoms with van der Waals surface area (Å²) in [5.41, 5.74) is 0.00728. The average molecular weight is 474 g/mol. The van der Waals surface area contributed by atoms with E-state index in [9.17, 15) is 17.6 Å². The first-order valence-electron chi connectivity index (χ1n) is 8.01. The zero-order valence-electron chi connectivity index (χ0n) is 14.4. The van der Waals surface area contributed by atoms with Crippen molar-refractivity contribution in [2.45, 2.75) is 4.90 Å². The molecule has 10 heteroatoms. The molecule has 150 valence electrons. The van der Waals surface area contributed by atoms with Crippen molar-refractivity contribution in [3.05, 3.63) is 87.1 Å². The second-order valence-electron chi connectivity index (χ2n) is 5.81. The fourth-order valence-corrected chi connectivity index (χ4v) is 4.08. The van der Waals surface area contributed by atoms with Gasteiger partial charge >= 0.3 is 0 Å². The molecule has 0 saturated carbocycles. The van der Waals surface area contributed by atoms with Gasteiger partial charge in [0.15, 0.2) is 0 Å². The van der Waals surface area contributed by atoms with E-state index in [-0.39, 0.29) is 36.9 Å². The van der Waals surface area contributed by atoms with Crippen LogP contribution >= 0.6 is 34.8 Å². The molecule has 0 fully saturated rings. The Morgan fingerprint density at radius 1 is 0.862 bits per heavy atom. The van der Waals surface area contributed by atoms with Gasteiger partial charge in [0.1, 0.15) is 5.82 Å². The summed E-state index contributed by atoms with van der Waals surface area (Å²) in [6.07, 6.45) is 0. The van der Waals surface area contributed by atoms with Crippen LogP contribution in [0.3, 0.4) is 0 Å². The predicted molar refractivity (Wildman–Crippen MR) is 113 cm³/mol. The number of benzene rings is 3. The maximum Gasteiger partial charge on any atom is 0.262 e. The highest BCUT2D eigenvalue weighted by molar-refractivity contribution is 7.92. The predicted octanol–water partition coefficient (Wildman–Crippen LogP) is 5.84. The summed E-state index contributed by atoms with van der Waals surface area (Å²) in [6, 6.07) is 13.6. The lowest BCUT2D eigenvalue weighted by molar-refractivity contribution is 0.102. The molecule has 3 aromatic carbocycles. The molecule has 0 radical (unpaired) electrons. The van der Waals surface area contributed by atoms with Gasteiger partial charge in [0.2, 0.25) is 0 Å². The van der Waals surface area contributed by atoms with E-state index < -0.39 is 21.7 Å². The van der Waals surface area contributed by atoms with Crippen molar-refractivity contribution in [3.63, 3.8) is 0 Å². The van der Waals surface area contributed by atoms with Crippen molar-refractivity contribution in [2.24, 2.45) is 0 Å². The highest BCUT2D eigenvalue weighted by Crippen LogP contribution is 2.29. The van der Waals surface area contributed by atoms with Gasteiger partial charge in [0, 0.05) is 5.02 Å². The van der Waals surface area contributed by atoms with Crippen molar-refractivity contribution in [1.29, 1.82) is 0 Å². The van der Waals surface area contributed by atoms with E-state index in [0.29, 0.717) is 0 Å². The van der Waals surface area contributed by atoms with Gasteiger partial charge in [-0.05, 0) is 48.5 Å². The van der Waals surface area contributed by atoms with Crippen LogP contribution in [0.25, 0.3) is 0 Å². The molecule has 2 N–H and O–H groups in total. The van der Waals surface area contributed by atoms with Crippen LogP contribution in [0, 0.1) is 5.82 Å². The van der Waals surface area contributed by atoms with E-state index in [1.54, 1.807) is 12.1 Å². The molecule has 0 spiro atoms. The molecule has 29 heavy (non-hydrogen) atoms. The van der Waals surface area contributed by atoms with Crippen LogP contribution in [0.5, 0.6) is 0 Å². The lowest BCUT2D eigenvalue weighted by Crippen LogP contribution is -2.16. The Balaban J connectivity index is 1.84. The van der Waals surface area contributed by atoms with Crippen molar-refractivity contribution in [2.75, 3.05) is 10.0 Å². The summed E-state index contributed by atoms with van der Waals surface area (Å²) in [5, 5.41) is 2.96. The first-order valence-corrected chi connectivity index (χ1v) is 10.6. The van der Waals surface area contributed by atoms with Crippen molar-refractivity contribution >= 4 is 62.1 Å². The number of carbonyl (C=O) groups excluding carboxylic acids is 1. The highest BCUT2D eigenvalue weighted by atomic mass is 35.5. The lowest BCUT2D eigenvalue weighted by Gasteiger charge is -2.12. The Hall–Kier alpha value is -2.32. The lowest BCUT2D eigenvalue weighted by atomic mass is 10.2. The minimum absolute atomic E-state index is 0.0515. The molecule has 0 saturated heterocycles. The monoisotopic (exact) mass is 472 g/mol. The van der Waals surface area contributed by atoms with Gasteiger partial charge in [-0.25, -0.2) is 12.8 Å². The quantitative estimate of drug-likeness (QED) is 0.489. The molecule has 0 aromatic heterocycles. The molecule has 0 aliphatic rings. The summed E-state index contributed by atoms with van der Waals surface area (Å²) in [7, 11) is -4.15. The third-order valence-electron chi connectivity index (χ3n) is 3.79. The minimum atomic E-state index is -4.15. The molecule has 0 atom stereocenters. The number of anilines is 2. The van der Waals surface area contributed by atoms with Crippen LogP contribution in [0.4, 0.5) is 15.8 Å². The first-order chi connectivity index (χ1) is 13.7. The van der Waals surface area contributed by atoms with E-state index >= 15 is 0 Å². The SMILES string of the molecule is O=C(Nc1ccc(S(=O)(=O)Nc2cc(Cl)ccc2Cl)cc1F)c1ccccc1Cl. The molecule has 3 aromatic rings. The third kappa shape index (κ3) is 5.00. The highest BCUT2D eigenvalue weighted by Gasteiger charge is 2.19. The van der Waals surface area contributed by atoms with Crippen LogP contribution in [0.2, 0.25) is 15.1 Å². The van der Waals surface area contributed by atoms with E-state index in [1.807, 2.05) is 0 Å². The first kappa shape index (κ1) is 21.4. The Morgan fingerprint density at radius 2 is 1.59 bits per heavy atom. The average Bonchev–Trinajstić information content (AvgIpc) is 2.66. The summed E-state index contributed by atoms with van der Waals surface area (Å²) in [6.45, 7) is 0. The smallest absolute Gasteiger partial charge is 0.262 e. The number of hydrogen-bond acceptors (Lipinski definition) is 3. The minimum Gasteiger partial charge on any atom is -0.319 e. The van der Waals surface area contributed by atoms with Gasteiger partial charge in [-0.2, -0.15) is 0 Å². The fourth-order valence-electron chi connectivity index (χ4n) is 2.38. The molecular weight excluding hydrogens is 462 g/mol. The summed E-state index contributed by atoms with van der Waals surface area (Å²) in [5.74, 6) is -1.57. The summed E-state index contributed by atoms with van der Waals surface area (Å²) < 4.78 is 41.8. The molecule has 0 bridgehead atoms. The van der Waals surface area contributed by atoms with E-state index in [0.717, 1.165) is 18.2 Å². The normalized spacial score (nSPS) is 11.2. The van der Waals surface area contributed by atoms with Gasteiger partial charge in [0.05, 0.1) is 31.9 Å². The third-order valence-corrected chi connectivity index (χ3v) is 6.05. The number of hydrogen-bond donors (Lipinski definition) is 2. The van der Waals surface area contributed by atoms with Gasteiger partial charge in [-0.15, -0.1) is 0 Å². The molecule has 3 rings (SSSR count). The topological polar surface area (TPSA) is 75.3 Å². The number of rotatable bonds is 5. The number of carbonyl (C=O) groups is 1. The van der Waals surface area contributed by atoms with Gasteiger partial charge in [-0.3, -0.25) is 9.52 Å². The van der Waals surface area contributed by atoms with Gasteiger partial charge in [-0.1, -0.05) is 46.9 Å². The zero-order valence-corrected chi connectivity index (χ0v) is 17.5. The standard InChI is InChI=1S/C19H12Cl3FN2O3S/c20-11-5-7-15(22)18(9-11)25-29(27,28)12-6-8-17(16(23)10-12)24-19(26)13-3-1-2-4-14(13)21/h1-10,25H,(H,24,26). The van der Waals surface area contributed by atoms with Crippen LogP contribution < -0.4 is 10.0 Å². The fraction of sp³-hybridized carbons (Fsp3) is 0. The Labute approximate surface area is 181 Å². The van der Waals surface area contributed by atoms with Crippen LogP contribution in [0.15, 0.2) is 65.6 Å². The molecule has 0 aliphatic heterocycles. The molecule has 5 nitrogen and oxygen atoms in total. The van der Waals surface area contributed by atoms with Crippen molar-refractivity contribution in [1.82, 2.24) is 0 Å². The number of sulfonamides is 1. The summed E-state index contributed by atoms with van der Waals surface area (Å²) in [4.78, 5) is 11.9. The second-order valence-corrected chi connectivity index (χ2v) is 8.74. The van der Waals surface area contributed by atoms with Crippen LogP contribution in [0.1, 0.15) is 10.4 Å². The maximum atomic E-state index is 14.5. The molecule has 0 aliphatic carbocycles. The van der Waals surface area contributed by atoms with Gasteiger partial charge < -0.3 is 5.32 Å². The summed E-state index contributed by atoms with van der Waals surface area (Å²) >= 11 is 17.7. The molecule has 1 amide bonds. The van der Waals surface area contributed by atoms with E-state index in [1.165, 1.54) is 30.3 Å². The second kappa shape index (κ2) is 8.59. The molecule has 0 heterocycles. The number of halogens is 4.